The Morgan fingerprint density at radius 3 is 2.75 bits per heavy atom. The predicted octanol–water partition coefficient (Wildman–Crippen LogP) is 3.89. The van der Waals surface area contributed by atoms with E-state index in [1.807, 2.05) is 25.1 Å². The van der Waals surface area contributed by atoms with Crippen LogP contribution in [0.15, 0.2) is 22.7 Å². The molecule has 1 aromatic carbocycles. The first-order chi connectivity index (χ1) is 7.66. The highest BCUT2D eigenvalue weighted by Crippen LogP contribution is 2.27. The molecule has 86 valence electrons. The number of hydrogen-bond donors (Lipinski definition) is 1. The number of benzene rings is 1. The normalized spacial score (nSPS) is 16.4. The second-order valence-electron chi connectivity index (χ2n) is 4.43. The molecule has 0 heterocycles. The summed E-state index contributed by atoms with van der Waals surface area (Å²) in [6.45, 7) is 2.01. The molecule has 0 saturated heterocycles. The first-order valence-corrected chi connectivity index (χ1v) is 6.53. The Balaban J connectivity index is 2.07. The fourth-order valence-electron chi connectivity index (χ4n) is 2.15. The van der Waals surface area contributed by atoms with Gasteiger partial charge in [0.2, 0.25) is 5.91 Å². The number of carbonyl (C=O) groups excluding carboxylic acids is 1. The van der Waals surface area contributed by atoms with Gasteiger partial charge in [-0.1, -0.05) is 34.8 Å². The Labute approximate surface area is 105 Å². The maximum atomic E-state index is 12.0. The molecular weight excluding hydrogens is 266 g/mol. The molecule has 1 fully saturated rings. The second-order valence-corrected chi connectivity index (χ2v) is 5.35. The molecule has 3 heteroatoms. The highest BCUT2D eigenvalue weighted by molar-refractivity contribution is 9.10. The van der Waals surface area contributed by atoms with E-state index in [4.69, 9.17) is 0 Å². The van der Waals surface area contributed by atoms with Crippen LogP contribution in [-0.4, -0.2) is 5.91 Å². The zero-order chi connectivity index (χ0) is 11.5. The third-order valence-electron chi connectivity index (χ3n) is 3.18. The summed E-state index contributed by atoms with van der Waals surface area (Å²) in [4.78, 5) is 12.0. The zero-order valence-electron chi connectivity index (χ0n) is 9.42. The summed E-state index contributed by atoms with van der Waals surface area (Å²) < 4.78 is 1.000. The number of amides is 1. The lowest BCUT2D eigenvalue weighted by molar-refractivity contribution is -0.119. The number of rotatable bonds is 2. The molecule has 1 amide bonds. The van der Waals surface area contributed by atoms with Gasteiger partial charge < -0.3 is 5.32 Å². The van der Waals surface area contributed by atoms with Gasteiger partial charge in [-0.05, 0) is 37.5 Å². The molecule has 0 aromatic heterocycles. The van der Waals surface area contributed by atoms with Crippen molar-refractivity contribution in [3.63, 3.8) is 0 Å². The number of hydrogen-bond acceptors (Lipinski definition) is 1. The molecule has 1 aliphatic rings. The summed E-state index contributed by atoms with van der Waals surface area (Å²) in [5.41, 5.74) is 2.03. The molecule has 1 saturated carbocycles. The van der Waals surface area contributed by atoms with Crippen LogP contribution in [0, 0.1) is 12.8 Å². The van der Waals surface area contributed by atoms with E-state index in [1.165, 1.54) is 12.8 Å². The number of nitrogens with one attached hydrogen (secondary N) is 1. The van der Waals surface area contributed by atoms with Gasteiger partial charge in [0.25, 0.3) is 0 Å². The lowest BCUT2D eigenvalue weighted by Crippen LogP contribution is -2.20. The number of anilines is 1. The molecule has 0 unspecified atom stereocenters. The number of aryl methyl sites for hydroxylation is 1. The van der Waals surface area contributed by atoms with Crippen LogP contribution >= 0.6 is 15.9 Å². The standard InChI is InChI=1S/C13H16BrNO/c1-9-6-7-11(14)8-12(9)15-13(16)10-4-2-3-5-10/h6-8,10H,2-5H2,1H3,(H,15,16). The molecule has 16 heavy (non-hydrogen) atoms. The van der Waals surface area contributed by atoms with Crippen LogP contribution in [-0.2, 0) is 4.79 Å². The van der Waals surface area contributed by atoms with E-state index in [2.05, 4.69) is 21.2 Å². The van der Waals surface area contributed by atoms with Crippen LogP contribution < -0.4 is 5.32 Å². The van der Waals surface area contributed by atoms with E-state index in [9.17, 15) is 4.79 Å². The van der Waals surface area contributed by atoms with E-state index in [1.54, 1.807) is 0 Å². The Kier molecular flexibility index (Phi) is 3.64. The minimum absolute atomic E-state index is 0.179. The monoisotopic (exact) mass is 281 g/mol. The van der Waals surface area contributed by atoms with E-state index < -0.39 is 0 Å². The van der Waals surface area contributed by atoms with Crippen molar-refractivity contribution in [1.29, 1.82) is 0 Å². The van der Waals surface area contributed by atoms with Gasteiger partial charge in [0.1, 0.15) is 0 Å². The fourth-order valence-corrected chi connectivity index (χ4v) is 2.51. The van der Waals surface area contributed by atoms with Gasteiger partial charge in [-0.25, -0.2) is 0 Å². The third kappa shape index (κ3) is 2.64. The van der Waals surface area contributed by atoms with Gasteiger partial charge in [0.15, 0.2) is 0 Å². The predicted molar refractivity (Wildman–Crippen MR) is 69.5 cm³/mol. The van der Waals surface area contributed by atoms with Crippen molar-refractivity contribution >= 4 is 27.5 Å². The van der Waals surface area contributed by atoms with Crippen molar-refractivity contribution in [3.05, 3.63) is 28.2 Å². The molecule has 1 aliphatic carbocycles. The maximum Gasteiger partial charge on any atom is 0.227 e. The first-order valence-electron chi connectivity index (χ1n) is 5.74. The molecule has 0 atom stereocenters. The summed E-state index contributed by atoms with van der Waals surface area (Å²) in [6.07, 6.45) is 4.46. The SMILES string of the molecule is Cc1ccc(Br)cc1NC(=O)C1CCCC1. The van der Waals surface area contributed by atoms with Crippen LogP contribution in [0.2, 0.25) is 0 Å². The topological polar surface area (TPSA) is 29.1 Å². The lowest BCUT2D eigenvalue weighted by atomic mass is 10.1. The molecule has 0 aliphatic heterocycles. The van der Waals surface area contributed by atoms with Crippen molar-refractivity contribution in [1.82, 2.24) is 0 Å². The molecule has 0 radical (unpaired) electrons. The van der Waals surface area contributed by atoms with E-state index in [0.29, 0.717) is 0 Å². The Morgan fingerprint density at radius 2 is 2.06 bits per heavy atom. The maximum absolute atomic E-state index is 12.0. The Bertz CT molecular complexity index is 397. The molecule has 2 nitrogen and oxygen atoms in total. The van der Waals surface area contributed by atoms with Crippen molar-refractivity contribution < 1.29 is 4.79 Å². The van der Waals surface area contributed by atoms with Crippen LogP contribution in [0.1, 0.15) is 31.2 Å². The summed E-state index contributed by atoms with van der Waals surface area (Å²) in [5, 5.41) is 3.02. The summed E-state index contributed by atoms with van der Waals surface area (Å²) >= 11 is 3.42. The van der Waals surface area contributed by atoms with Crippen molar-refractivity contribution in [2.24, 2.45) is 5.92 Å². The molecule has 0 bridgehead atoms. The van der Waals surface area contributed by atoms with Crippen LogP contribution in [0.4, 0.5) is 5.69 Å². The van der Waals surface area contributed by atoms with Gasteiger partial charge >= 0.3 is 0 Å². The van der Waals surface area contributed by atoms with E-state index in [0.717, 1.165) is 28.6 Å². The summed E-state index contributed by atoms with van der Waals surface area (Å²) in [6, 6.07) is 5.96. The third-order valence-corrected chi connectivity index (χ3v) is 3.68. The largest absolute Gasteiger partial charge is 0.326 e. The minimum Gasteiger partial charge on any atom is -0.326 e. The van der Waals surface area contributed by atoms with Gasteiger partial charge in [0.05, 0.1) is 0 Å². The summed E-state index contributed by atoms with van der Waals surface area (Å²) in [7, 11) is 0. The van der Waals surface area contributed by atoms with Gasteiger partial charge in [-0.15, -0.1) is 0 Å². The van der Waals surface area contributed by atoms with Gasteiger partial charge in [0, 0.05) is 16.1 Å². The van der Waals surface area contributed by atoms with Crippen molar-refractivity contribution in [2.75, 3.05) is 5.32 Å². The van der Waals surface area contributed by atoms with Crippen LogP contribution in [0.25, 0.3) is 0 Å². The number of carbonyl (C=O) groups is 1. The van der Waals surface area contributed by atoms with Gasteiger partial charge in [-0.2, -0.15) is 0 Å². The molecular formula is C13H16BrNO. The highest BCUT2D eigenvalue weighted by Gasteiger charge is 2.22. The summed E-state index contributed by atoms with van der Waals surface area (Å²) in [5.74, 6) is 0.400. The van der Waals surface area contributed by atoms with Gasteiger partial charge in [-0.3, -0.25) is 4.79 Å². The first kappa shape index (κ1) is 11.6. The fraction of sp³-hybridized carbons (Fsp3) is 0.462. The molecule has 1 aromatic rings. The molecule has 0 spiro atoms. The average molecular weight is 282 g/mol. The highest BCUT2D eigenvalue weighted by atomic mass is 79.9. The van der Waals surface area contributed by atoms with E-state index >= 15 is 0 Å². The van der Waals surface area contributed by atoms with Crippen molar-refractivity contribution in [2.45, 2.75) is 32.6 Å². The lowest BCUT2D eigenvalue weighted by Gasteiger charge is -2.12. The Hall–Kier alpha value is -0.830. The molecule has 2 rings (SSSR count). The smallest absolute Gasteiger partial charge is 0.227 e. The van der Waals surface area contributed by atoms with Crippen molar-refractivity contribution in [3.8, 4) is 0 Å². The Morgan fingerprint density at radius 1 is 1.38 bits per heavy atom. The molecule has 1 N–H and O–H groups in total. The van der Waals surface area contributed by atoms with Crippen LogP contribution in [0.3, 0.4) is 0 Å². The minimum atomic E-state index is 0.179. The second kappa shape index (κ2) is 5.00. The zero-order valence-corrected chi connectivity index (χ0v) is 11.0. The quantitative estimate of drug-likeness (QED) is 0.876. The van der Waals surface area contributed by atoms with E-state index in [-0.39, 0.29) is 11.8 Å². The van der Waals surface area contributed by atoms with Crippen LogP contribution in [0.5, 0.6) is 0 Å². The number of halogens is 1. The average Bonchev–Trinajstić information content (AvgIpc) is 2.76.